The zero-order valence-electron chi connectivity index (χ0n) is 12.6. The monoisotopic (exact) mass is 356 g/mol. The quantitative estimate of drug-likeness (QED) is 0.462. The molecule has 1 fully saturated rings. The summed E-state index contributed by atoms with van der Waals surface area (Å²) in [6, 6.07) is 0. The van der Waals surface area contributed by atoms with Gasteiger partial charge in [-0.25, -0.2) is 4.98 Å². The molecule has 24 heavy (non-hydrogen) atoms. The van der Waals surface area contributed by atoms with Gasteiger partial charge in [0.2, 0.25) is 5.95 Å². The van der Waals surface area contributed by atoms with Crippen LogP contribution in [-0.2, 0) is 9.30 Å². The summed E-state index contributed by atoms with van der Waals surface area (Å²) in [5, 5.41) is 13.1. The molecule has 130 valence electrons. The Hall–Kier alpha value is -2.04. The van der Waals surface area contributed by atoms with Crippen molar-refractivity contribution in [2.24, 2.45) is 0 Å². The summed E-state index contributed by atoms with van der Waals surface area (Å²) in [5.41, 5.74) is 6.53. The summed E-state index contributed by atoms with van der Waals surface area (Å²) >= 11 is 0. The smallest absolute Gasteiger partial charge is 0.348 e. The number of anilines is 2. The van der Waals surface area contributed by atoms with Crippen molar-refractivity contribution in [1.29, 1.82) is 0 Å². The van der Waals surface area contributed by atoms with Crippen molar-refractivity contribution in [2.45, 2.75) is 24.9 Å². The first-order valence-electron chi connectivity index (χ1n) is 7.04. The van der Waals surface area contributed by atoms with Crippen LogP contribution < -0.4 is 11.1 Å². The fourth-order valence-corrected chi connectivity index (χ4v) is 2.97. The first kappa shape index (κ1) is 16.8. The maximum absolute atomic E-state index is 10.9. The molecule has 1 aliphatic rings. The molecule has 6 N–H and O–H groups in total. The van der Waals surface area contributed by atoms with Gasteiger partial charge in [0.1, 0.15) is 6.10 Å². The Morgan fingerprint density at radius 2 is 2.25 bits per heavy atom. The molecule has 12 heteroatoms. The number of nitrogens with one attached hydrogen (secondary N) is 1. The maximum Gasteiger partial charge on any atom is 0.348 e. The fraction of sp³-hybridized carbons (Fsp3) is 0.417. The summed E-state index contributed by atoms with van der Waals surface area (Å²) in [7, 11) is -2.61. The zero-order valence-corrected chi connectivity index (χ0v) is 13.5. The molecule has 3 unspecified atom stereocenters. The zero-order chi connectivity index (χ0) is 17.5. The van der Waals surface area contributed by atoms with E-state index in [2.05, 4.69) is 20.3 Å². The van der Waals surface area contributed by atoms with Crippen molar-refractivity contribution in [2.75, 3.05) is 18.1 Å². The second-order valence-electron chi connectivity index (χ2n) is 5.30. The van der Waals surface area contributed by atoms with Gasteiger partial charge in [-0.05, 0) is 6.08 Å². The molecule has 2 aromatic heterocycles. The minimum Gasteiger partial charge on any atom is -0.388 e. The highest BCUT2D eigenvalue weighted by Gasteiger charge is 2.35. The number of hydrogen-bond donors (Lipinski definition) is 5. The Morgan fingerprint density at radius 3 is 2.92 bits per heavy atom. The summed E-state index contributed by atoms with van der Waals surface area (Å²) in [5.74, 6) is 1.25. The lowest BCUT2D eigenvalue weighted by atomic mass is 10.2. The van der Waals surface area contributed by atoms with Gasteiger partial charge in [-0.1, -0.05) is 0 Å². The van der Waals surface area contributed by atoms with Crippen molar-refractivity contribution in [1.82, 2.24) is 19.5 Å². The van der Waals surface area contributed by atoms with Crippen molar-refractivity contribution in [3.63, 3.8) is 0 Å². The van der Waals surface area contributed by atoms with Gasteiger partial charge in [0.05, 0.1) is 12.4 Å². The third-order valence-corrected chi connectivity index (χ3v) is 4.12. The minimum absolute atomic E-state index is 0.0408. The van der Waals surface area contributed by atoms with Gasteiger partial charge in [0, 0.05) is 19.3 Å². The molecule has 0 amide bonds. The molecular weight excluding hydrogens is 339 g/mol. The van der Waals surface area contributed by atoms with Crippen molar-refractivity contribution in [3.8, 4) is 0 Å². The average molecular weight is 356 g/mol. The first-order valence-corrected chi connectivity index (χ1v) is 8.72. The van der Waals surface area contributed by atoms with Gasteiger partial charge >= 0.3 is 7.60 Å². The van der Waals surface area contributed by atoms with Crippen molar-refractivity contribution in [3.05, 3.63) is 18.2 Å². The molecule has 2 aromatic rings. The second kappa shape index (κ2) is 6.11. The van der Waals surface area contributed by atoms with Gasteiger partial charge in [0.15, 0.2) is 23.2 Å². The molecule has 0 saturated carbocycles. The molecule has 0 aliphatic carbocycles. The fourth-order valence-electron chi connectivity index (χ4n) is 2.56. The van der Waals surface area contributed by atoms with E-state index >= 15 is 0 Å². The van der Waals surface area contributed by atoms with Crippen LogP contribution >= 0.6 is 7.60 Å². The third-order valence-electron chi connectivity index (χ3n) is 3.56. The highest BCUT2D eigenvalue weighted by atomic mass is 31.2. The normalized spacial score (nSPS) is 24.9. The van der Waals surface area contributed by atoms with Gasteiger partial charge < -0.3 is 30.7 Å². The molecular formula is C12H17N6O5P. The van der Waals surface area contributed by atoms with Crippen LogP contribution in [0.15, 0.2) is 18.2 Å². The topological polar surface area (TPSA) is 169 Å². The summed E-state index contributed by atoms with van der Waals surface area (Å²) in [4.78, 5) is 30.1. The van der Waals surface area contributed by atoms with Gasteiger partial charge in [-0.3, -0.25) is 9.13 Å². The van der Waals surface area contributed by atoms with E-state index in [1.807, 2.05) is 0 Å². The number of aromatic nitrogens is 4. The molecule has 0 radical (unpaired) electrons. The molecule has 0 bridgehead atoms. The Bertz CT molecular complexity index is 833. The van der Waals surface area contributed by atoms with E-state index in [0.717, 1.165) is 5.82 Å². The Balaban J connectivity index is 1.92. The van der Waals surface area contributed by atoms with E-state index in [1.165, 1.54) is 17.0 Å². The van der Waals surface area contributed by atoms with Gasteiger partial charge in [-0.2, -0.15) is 9.97 Å². The number of rotatable bonds is 4. The average Bonchev–Trinajstić information content (AvgIpc) is 3.06. The van der Waals surface area contributed by atoms with E-state index < -0.39 is 26.0 Å². The molecule has 11 nitrogen and oxygen atoms in total. The summed E-state index contributed by atoms with van der Waals surface area (Å²) in [6.07, 6.45) is 0.524. The van der Waals surface area contributed by atoms with E-state index in [-0.39, 0.29) is 12.4 Å². The van der Waals surface area contributed by atoms with Gasteiger partial charge in [-0.15, -0.1) is 0 Å². The van der Waals surface area contributed by atoms with Crippen LogP contribution in [0.1, 0.15) is 12.6 Å². The van der Waals surface area contributed by atoms with E-state index in [1.54, 1.807) is 7.05 Å². The molecule has 0 spiro atoms. The number of aliphatic hydroxyl groups is 1. The highest BCUT2D eigenvalue weighted by molar-refractivity contribution is 7.55. The van der Waals surface area contributed by atoms with Crippen molar-refractivity contribution >= 4 is 30.5 Å². The highest BCUT2D eigenvalue weighted by Crippen LogP contribution is 2.38. The number of nitrogens with zero attached hydrogens (tertiary/aromatic N) is 4. The molecule has 1 aliphatic heterocycles. The van der Waals surface area contributed by atoms with Crippen LogP contribution in [0.5, 0.6) is 0 Å². The number of nitrogen functional groups attached to an aromatic ring is 1. The number of aliphatic hydroxyl groups excluding tert-OH is 1. The standard InChI is InChI=1S/C12H17N6O5P/c1-14-9-8-10(17-12(13)16-9)18(5-15-8)11-7(19)4-6(23-11)2-3-24(20,21)22/h2-3,5-7,11,19H,4H2,1H3,(H2,20,21,22)(H3,13,14,16,17). The van der Waals surface area contributed by atoms with Crippen molar-refractivity contribution < 1.29 is 24.2 Å². The Morgan fingerprint density at radius 1 is 1.50 bits per heavy atom. The lowest BCUT2D eigenvalue weighted by Crippen LogP contribution is -2.19. The van der Waals surface area contributed by atoms with E-state index in [9.17, 15) is 9.67 Å². The van der Waals surface area contributed by atoms with Crippen LogP contribution in [-0.4, -0.2) is 53.7 Å². The first-order chi connectivity index (χ1) is 11.3. The van der Waals surface area contributed by atoms with Crippen LogP contribution in [0.4, 0.5) is 11.8 Å². The Labute approximate surface area is 136 Å². The van der Waals surface area contributed by atoms with Crippen LogP contribution in [0.25, 0.3) is 11.2 Å². The number of hydrogen-bond acceptors (Lipinski definition) is 8. The van der Waals surface area contributed by atoms with Gasteiger partial charge in [0.25, 0.3) is 0 Å². The summed E-state index contributed by atoms with van der Waals surface area (Å²) in [6.45, 7) is 0. The third kappa shape index (κ3) is 3.25. The van der Waals surface area contributed by atoms with E-state index in [0.29, 0.717) is 17.0 Å². The predicted octanol–water partition coefficient (Wildman–Crippen LogP) is -0.210. The van der Waals surface area contributed by atoms with Crippen LogP contribution in [0, 0.1) is 0 Å². The lowest BCUT2D eigenvalue weighted by molar-refractivity contribution is -0.0227. The number of fused-ring (bicyclic) bond motifs is 1. The minimum atomic E-state index is -4.28. The van der Waals surface area contributed by atoms with E-state index in [4.69, 9.17) is 20.3 Å². The second-order valence-corrected chi connectivity index (χ2v) is 6.78. The molecule has 1 saturated heterocycles. The van der Waals surface area contributed by atoms with Crippen LogP contribution in [0.3, 0.4) is 0 Å². The summed E-state index contributed by atoms with van der Waals surface area (Å²) < 4.78 is 18.1. The molecule has 3 atom stereocenters. The number of ether oxygens (including phenoxy) is 1. The molecule has 3 rings (SSSR count). The predicted molar refractivity (Wildman–Crippen MR) is 85.0 cm³/mol. The lowest BCUT2D eigenvalue weighted by Gasteiger charge is -2.16. The van der Waals surface area contributed by atoms with Crippen LogP contribution in [0.2, 0.25) is 0 Å². The molecule has 3 heterocycles. The number of imidazole rings is 1. The number of nitrogens with two attached hydrogens (primary N) is 1. The molecule has 0 aromatic carbocycles. The largest absolute Gasteiger partial charge is 0.388 e. The Kier molecular flexibility index (Phi) is 4.28. The maximum atomic E-state index is 10.9. The SMILES string of the molecule is CNc1nc(N)nc2c1ncn2C1OC(C=CP(=O)(O)O)CC1O.